The normalized spacial score (nSPS) is 10.6. The molecule has 0 saturated carbocycles. The van der Waals surface area contributed by atoms with Crippen molar-refractivity contribution < 1.29 is 0 Å². The van der Waals surface area contributed by atoms with Crippen LogP contribution in [0.5, 0.6) is 0 Å². The van der Waals surface area contributed by atoms with Gasteiger partial charge in [0.25, 0.3) is 0 Å². The Bertz CT molecular complexity index is 1610. The zero-order chi connectivity index (χ0) is 25.6. The van der Waals surface area contributed by atoms with Gasteiger partial charge in [-0.15, -0.1) is 0 Å². The van der Waals surface area contributed by atoms with Crippen molar-refractivity contribution >= 4 is 22.7 Å². The number of benzene rings is 6. The number of anilines is 4. The van der Waals surface area contributed by atoms with Crippen LogP contribution in [0.25, 0.3) is 33.4 Å². The van der Waals surface area contributed by atoms with Crippen LogP contribution < -0.4 is 10.6 Å². The molecule has 0 aliphatic carbocycles. The topological polar surface area (TPSA) is 24.1 Å². The maximum absolute atomic E-state index is 3.67. The first-order valence-electron chi connectivity index (χ1n) is 12.9. The molecule has 6 aromatic carbocycles. The maximum Gasteiger partial charge on any atom is 0.0484 e. The predicted molar refractivity (Wildman–Crippen MR) is 162 cm³/mol. The van der Waals surface area contributed by atoms with Crippen molar-refractivity contribution in [1.82, 2.24) is 0 Å². The van der Waals surface area contributed by atoms with Crippen molar-refractivity contribution in [2.75, 3.05) is 10.6 Å². The van der Waals surface area contributed by atoms with Crippen molar-refractivity contribution in [2.24, 2.45) is 0 Å². The molecule has 2 nitrogen and oxygen atoms in total. The van der Waals surface area contributed by atoms with Crippen LogP contribution in [-0.2, 0) is 0 Å². The van der Waals surface area contributed by atoms with E-state index in [0.29, 0.717) is 0 Å². The molecule has 38 heavy (non-hydrogen) atoms. The highest BCUT2D eigenvalue weighted by Gasteiger charge is 2.08. The minimum atomic E-state index is 1.03. The molecule has 0 unspecified atom stereocenters. The number of hydrogen-bond donors (Lipinski definition) is 2. The molecular formula is C36H28N2. The molecule has 0 saturated heterocycles. The third-order valence-corrected chi connectivity index (χ3v) is 6.66. The average Bonchev–Trinajstić information content (AvgIpc) is 2.99. The van der Waals surface area contributed by atoms with E-state index in [0.717, 1.165) is 28.3 Å². The lowest BCUT2D eigenvalue weighted by Crippen LogP contribution is -1.97. The minimum Gasteiger partial charge on any atom is -0.355 e. The van der Waals surface area contributed by atoms with Crippen LogP contribution in [0, 0.1) is 0 Å². The zero-order valence-corrected chi connectivity index (χ0v) is 21.0. The van der Waals surface area contributed by atoms with Crippen LogP contribution in [0.1, 0.15) is 0 Å². The van der Waals surface area contributed by atoms with Gasteiger partial charge in [0.2, 0.25) is 0 Å². The Morgan fingerprint density at radius 2 is 0.684 bits per heavy atom. The minimum absolute atomic E-state index is 1.03. The van der Waals surface area contributed by atoms with Gasteiger partial charge in [-0.2, -0.15) is 0 Å². The van der Waals surface area contributed by atoms with E-state index in [1.54, 1.807) is 0 Å². The summed E-state index contributed by atoms with van der Waals surface area (Å²) in [4.78, 5) is 0. The summed E-state index contributed by atoms with van der Waals surface area (Å²) in [6, 6.07) is 55.1. The van der Waals surface area contributed by atoms with Crippen LogP contribution in [0.4, 0.5) is 22.7 Å². The van der Waals surface area contributed by atoms with Gasteiger partial charge in [0.15, 0.2) is 0 Å². The molecule has 0 aliphatic heterocycles. The molecule has 182 valence electrons. The largest absolute Gasteiger partial charge is 0.355 e. The molecular weight excluding hydrogens is 460 g/mol. The second-order valence-corrected chi connectivity index (χ2v) is 9.26. The number of nitrogens with one attached hydrogen (secondary N) is 2. The van der Waals surface area contributed by atoms with E-state index < -0.39 is 0 Å². The molecule has 0 aromatic heterocycles. The van der Waals surface area contributed by atoms with Crippen molar-refractivity contribution in [1.29, 1.82) is 0 Å². The van der Waals surface area contributed by atoms with Crippen LogP contribution in [0.15, 0.2) is 158 Å². The summed E-state index contributed by atoms with van der Waals surface area (Å²) in [5, 5.41) is 7.24. The average molecular weight is 489 g/mol. The Morgan fingerprint density at radius 3 is 1.18 bits per heavy atom. The first-order valence-corrected chi connectivity index (χ1v) is 12.9. The molecule has 0 amide bonds. The van der Waals surface area contributed by atoms with Gasteiger partial charge < -0.3 is 10.6 Å². The van der Waals surface area contributed by atoms with E-state index in [9.17, 15) is 0 Å². The van der Waals surface area contributed by atoms with Gasteiger partial charge in [0.05, 0.1) is 0 Å². The quantitative estimate of drug-likeness (QED) is 0.233. The van der Waals surface area contributed by atoms with E-state index in [4.69, 9.17) is 0 Å². The molecule has 0 spiro atoms. The summed E-state index contributed by atoms with van der Waals surface area (Å²) in [7, 11) is 0. The Balaban J connectivity index is 1.27. The van der Waals surface area contributed by atoms with E-state index in [1.807, 2.05) is 18.2 Å². The summed E-state index contributed by atoms with van der Waals surface area (Å²) < 4.78 is 0. The first kappa shape index (κ1) is 23.3. The van der Waals surface area contributed by atoms with Gasteiger partial charge in [0.1, 0.15) is 0 Å². The van der Waals surface area contributed by atoms with Gasteiger partial charge in [-0.25, -0.2) is 0 Å². The molecule has 0 radical (unpaired) electrons. The van der Waals surface area contributed by atoms with E-state index in [-0.39, 0.29) is 0 Å². The molecule has 0 atom stereocenters. The third-order valence-electron chi connectivity index (χ3n) is 6.66. The van der Waals surface area contributed by atoms with E-state index in [1.165, 1.54) is 27.8 Å². The predicted octanol–water partition coefficient (Wildman–Crippen LogP) is 10.2. The molecule has 0 aliphatic rings. The van der Waals surface area contributed by atoms with Gasteiger partial charge in [-0.3, -0.25) is 0 Å². The van der Waals surface area contributed by atoms with Gasteiger partial charge >= 0.3 is 0 Å². The molecule has 2 N–H and O–H groups in total. The second-order valence-electron chi connectivity index (χ2n) is 9.26. The Morgan fingerprint density at radius 1 is 0.289 bits per heavy atom. The molecule has 6 rings (SSSR count). The van der Waals surface area contributed by atoms with Gasteiger partial charge in [0, 0.05) is 28.3 Å². The van der Waals surface area contributed by atoms with Gasteiger partial charge in [-0.1, -0.05) is 121 Å². The van der Waals surface area contributed by atoms with Crippen molar-refractivity contribution in [3.63, 3.8) is 0 Å². The highest BCUT2D eigenvalue weighted by Crippen LogP contribution is 2.34. The fraction of sp³-hybridized carbons (Fsp3) is 0. The molecule has 0 fully saturated rings. The smallest absolute Gasteiger partial charge is 0.0484 e. The fourth-order valence-electron chi connectivity index (χ4n) is 4.67. The van der Waals surface area contributed by atoms with Crippen LogP contribution in [0.3, 0.4) is 0 Å². The summed E-state index contributed by atoms with van der Waals surface area (Å²) in [6.07, 6.45) is 0. The highest BCUT2D eigenvalue weighted by atomic mass is 14.9. The lowest BCUT2D eigenvalue weighted by Gasteiger charge is -2.16. The number of rotatable bonds is 7. The van der Waals surface area contributed by atoms with Crippen molar-refractivity contribution in [3.05, 3.63) is 158 Å². The summed E-state index contributed by atoms with van der Waals surface area (Å²) in [5.41, 5.74) is 11.4. The highest BCUT2D eigenvalue weighted by molar-refractivity contribution is 5.85. The SMILES string of the molecule is c1ccc(-c2ccc(Nc3ccc(-c4ccccc4)c(Nc4ccc(-c5ccccc5)cc4)c3)cc2)cc1. The monoisotopic (exact) mass is 488 g/mol. The lowest BCUT2D eigenvalue weighted by atomic mass is 10.0. The molecule has 6 aromatic rings. The third kappa shape index (κ3) is 5.35. The lowest BCUT2D eigenvalue weighted by molar-refractivity contribution is 1.50. The summed E-state index contributed by atoms with van der Waals surface area (Å²) in [6.45, 7) is 0. The van der Waals surface area contributed by atoms with Crippen LogP contribution >= 0.6 is 0 Å². The fourth-order valence-corrected chi connectivity index (χ4v) is 4.67. The van der Waals surface area contributed by atoms with E-state index >= 15 is 0 Å². The van der Waals surface area contributed by atoms with Crippen molar-refractivity contribution in [3.8, 4) is 33.4 Å². The zero-order valence-electron chi connectivity index (χ0n) is 21.0. The standard InChI is InChI=1S/C36H28N2/c1-4-10-27(11-5-1)29-16-20-32(21-17-29)37-34-24-25-35(31-14-8-3-9-15-31)36(26-34)38-33-22-18-30(19-23-33)28-12-6-2-7-13-28/h1-26,37-38H. The Kier molecular flexibility index (Phi) is 6.69. The van der Waals surface area contributed by atoms with Crippen LogP contribution in [0.2, 0.25) is 0 Å². The number of hydrogen-bond acceptors (Lipinski definition) is 2. The Labute approximate surface area is 224 Å². The molecule has 0 heterocycles. The molecule has 0 bridgehead atoms. The van der Waals surface area contributed by atoms with E-state index in [2.05, 4.69) is 150 Å². The van der Waals surface area contributed by atoms with Gasteiger partial charge in [-0.05, 0) is 64.2 Å². The summed E-state index contributed by atoms with van der Waals surface area (Å²) >= 11 is 0. The van der Waals surface area contributed by atoms with Crippen LogP contribution in [-0.4, -0.2) is 0 Å². The van der Waals surface area contributed by atoms with Crippen molar-refractivity contribution in [2.45, 2.75) is 0 Å². The maximum atomic E-state index is 3.67. The first-order chi connectivity index (χ1) is 18.8. The second kappa shape index (κ2) is 10.9. The molecule has 2 heteroatoms. The Hall–Kier alpha value is -5.08. The summed E-state index contributed by atoms with van der Waals surface area (Å²) in [5.74, 6) is 0.